The van der Waals surface area contributed by atoms with Crippen LogP contribution in [-0.2, 0) is 4.79 Å². The fourth-order valence-electron chi connectivity index (χ4n) is 3.93. The lowest BCUT2D eigenvalue weighted by molar-refractivity contribution is -0.138. The normalized spacial score (nSPS) is 28.8. The van der Waals surface area contributed by atoms with Gasteiger partial charge < -0.3 is 10.0 Å². The topological polar surface area (TPSA) is 53.4 Å². The molecular formula is C16H18N2O2S. The molecule has 4 nitrogen and oxygen atoms in total. The molecule has 21 heavy (non-hydrogen) atoms. The number of hydrogen-bond donors (Lipinski definition) is 1. The first kappa shape index (κ1) is 13.1. The monoisotopic (exact) mass is 302 g/mol. The Morgan fingerprint density at radius 2 is 2.10 bits per heavy atom. The van der Waals surface area contributed by atoms with Crippen LogP contribution in [0.3, 0.4) is 0 Å². The Morgan fingerprint density at radius 3 is 2.90 bits per heavy atom. The highest BCUT2D eigenvalue weighted by Crippen LogP contribution is 2.44. The fourth-order valence-corrected chi connectivity index (χ4v) is 5.00. The van der Waals surface area contributed by atoms with Gasteiger partial charge in [0, 0.05) is 6.04 Å². The van der Waals surface area contributed by atoms with Crippen LogP contribution in [0.25, 0.3) is 10.2 Å². The molecule has 1 aliphatic carbocycles. The van der Waals surface area contributed by atoms with Gasteiger partial charge in [-0.05, 0) is 37.3 Å². The van der Waals surface area contributed by atoms with Crippen molar-refractivity contribution in [3.63, 3.8) is 0 Å². The number of fused-ring (bicyclic) bond motifs is 2. The summed E-state index contributed by atoms with van der Waals surface area (Å²) in [7, 11) is 0. The van der Waals surface area contributed by atoms with E-state index in [9.17, 15) is 9.90 Å². The van der Waals surface area contributed by atoms with E-state index in [2.05, 4.69) is 11.0 Å². The Hall–Kier alpha value is -1.62. The van der Waals surface area contributed by atoms with Crippen LogP contribution in [0.5, 0.6) is 0 Å². The van der Waals surface area contributed by atoms with Gasteiger partial charge in [0.15, 0.2) is 5.13 Å². The van der Waals surface area contributed by atoms with Gasteiger partial charge in [-0.15, -0.1) is 0 Å². The maximum atomic E-state index is 11.7. The Balaban J connectivity index is 1.77. The molecule has 0 bridgehead atoms. The van der Waals surface area contributed by atoms with Gasteiger partial charge in [0.25, 0.3) is 0 Å². The summed E-state index contributed by atoms with van der Waals surface area (Å²) in [5.74, 6) is -0.185. The highest BCUT2D eigenvalue weighted by molar-refractivity contribution is 7.22. The molecule has 2 heterocycles. The summed E-state index contributed by atoms with van der Waals surface area (Å²) < 4.78 is 1.14. The summed E-state index contributed by atoms with van der Waals surface area (Å²) in [6, 6.07) is 8.00. The molecule has 2 aliphatic rings. The molecule has 1 aromatic heterocycles. The van der Waals surface area contributed by atoms with Crippen molar-refractivity contribution in [1.29, 1.82) is 0 Å². The van der Waals surface area contributed by atoms with Gasteiger partial charge in [-0.2, -0.15) is 0 Å². The van der Waals surface area contributed by atoms with E-state index >= 15 is 0 Å². The van der Waals surface area contributed by atoms with Crippen molar-refractivity contribution in [2.24, 2.45) is 5.92 Å². The Bertz CT molecular complexity index is 651. The average Bonchev–Trinajstić information content (AvgIpc) is 3.07. The zero-order valence-corrected chi connectivity index (χ0v) is 12.6. The van der Waals surface area contributed by atoms with Gasteiger partial charge in [0.1, 0.15) is 6.04 Å². The maximum Gasteiger partial charge on any atom is 0.326 e. The van der Waals surface area contributed by atoms with E-state index in [1.54, 1.807) is 11.3 Å². The number of para-hydroxylation sites is 1. The first-order chi connectivity index (χ1) is 10.2. The summed E-state index contributed by atoms with van der Waals surface area (Å²) in [6.45, 7) is 0. The van der Waals surface area contributed by atoms with Gasteiger partial charge in [-0.25, -0.2) is 9.78 Å². The molecule has 2 aromatic rings. The first-order valence-corrected chi connectivity index (χ1v) is 8.42. The second-order valence-corrected chi connectivity index (χ2v) is 7.08. The van der Waals surface area contributed by atoms with E-state index in [4.69, 9.17) is 4.98 Å². The van der Waals surface area contributed by atoms with Crippen LogP contribution in [0.15, 0.2) is 24.3 Å². The Labute approximate surface area is 127 Å². The molecule has 1 N–H and O–H groups in total. The molecule has 0 amide bonds. The van der Waals surface area contributed by atoms with Crippen molar-refractivity contribution < 1.29 is 9.90 Å². The summed E-state index contributed by atoms with van der Waals surface area (Å²) >= 11 is 1.62. The minimum Gasteiger partial charge on any atom is -0.480 e. The average molecular weight is 302 g/mol. The van der Waals surface area contributed by atoms with E-state index in [-0.39, 0.29) is 0 Å². The Morgan fingerprint density at radius 1 is 1.29 bits per heavy atom. The summed E-state index contributed by atoms with van der Waals surface area (Å²) in [5, 5.41) is 10.5. The number of hydrogen-bond acceptors (Lipinski definition) is 4. The maximum absolute atomic E-state index is 11.7. The van der Waals surface area contributed by atoms with Gasteiger partial charge >= 0.3 is 5.97 Å². The number of aliphatic carboxylic acids is 1. The number of anilines is 1. The molecule has 3 atom stereocenters. The van der Waals surface area contributed by atoms with Crippen LogP contribution in [-0.4, -0.2) is 28.1 Å². The molecule has 2 fully saturated rings. The zero-order chi connectivity index (χ0) is 14.4. The smallest absolute Gasteiger partial charge is 0.326 e. The van der Waals surface area contributed by atoms with Crippen LogP contribution in [0.1, 0.15) is 32.1 Å². The van der Waals surface area contributed by atoms with Gasteiger partial charge in [0.2, 0.25) is 0 Å². The van der Waals surface area contributed by atoms with Crippen molar-refractivity contribution in [3.05, 3.63) is 24.3 Å². The molecule has 4 rings (SSSR count). The minimum absolute atomic E-state index is 0.361. The van der Waals surface area contributed by atoms with Crippen molar-refractivity contribution in [1.82, 2.24) is 4.98 Å². The first-order valence-electron chi connectivity index (χ1n) is 7.61. The number of aromatic nitrogens is 1. The van der Waals surface area contributed by atoms with Crippen molar-refractivity contribution in [3.8, 4) is 0 Å². The third kappa shape index (κ3) is 2.11. The van der Waals surface area contributed by atoms with E-state index in [1.807, 2.05) is 18.2 Å². The molecule has 3 unspecified atom stereocenters. The van der Waals surface area contributed by atoms with Crippen LogP contribution < -0.4 is 4.90 Å². The van der Waals surface area contributed by atoms with Gasteiger partial charge in [-0.1, -0.05) is 36.3 Å². The Kier molecular flexibility index (Phi) is 3.10. The zero-order valence-electron chi connectivity index (χ0n) is 11.7. The largest absolute Gasteiger partial charge is 0.480 e. The number of carboxylic acids is 1. The molecule has 1 aliphatic heterocycles. The standard InChI is InChI=1S/C16H18N2O2S/c19-15(20)13-9-10-5-1-3-7-12(10)18(13)16-17-11-6-2-4-8-14(11)21-16/h2,4,6,8,10,12-13H,1,3,5,7,9H2,(H,19,20). The van der Waals surface area contributed by atoms with E-state index in [0.29, 0.717) is 12.0 Å². The molecule has 1 saturated heterocycles. The van der Waals surface area contributed by atoms with E-state index in [1.165, 1.54) is 12.8 Å². The minimum atomic E-state index is -0.705. The SMILES string of the molecule is O=C(O)C1CC2CCCCC2N1c1nc2ccccc2s1. The molecule has 0 spiro atoms. The molecule has 5 heteroatoms. The molecule has 1 saturated carbocycles. The summed E-state index contributed by atoms with van der Waals surface area (Å²) in [4.78, 5) is 18.5. The highest BCUT2D eigenvalue weighted by atomic mass is 32.1. The molecule has 1 aromatic carbocycles. The highest BCUT2D eigenvalue weighted by Gasteiger charge is 2.46. The number of nitrogens with zero attached hydrogens (tertiary/aromatic N) is 2. The predicted octanol–water partition coefficient (Wildman–Crippen LogP) is 3.52. The number of rotatable bonds is 2. The summed E-state index contributed by atoms with van der Waals surface area (Å²) in [6.07, 6.45) is 5.48. The second kappa shape index (κ2) is 4.98. The van der Waals surface area contributed by atoms with Crippen molar-refractivity contribution >= 4 is 32.7 Å². The number of benzene rings is 1. The predicted molar refractivity (Wildman–Crippen MR) is 83.9 cm³/mol. The lowest BCUT2D eigenvalue weighted by atomic mass is 9.85. The summed E-state index contributed by atoms with van der Waals surface area (Å²) in [5.41, 5.74) is 0.973. The van der Waals surface area contributed by atoms with E-state index < -0.39 is 12.0 Å². The number of carbonyl (C=O) groups is 1. The van der Waals surface area contributed by atoms with Crippen LogP contribution in [0, 0.1) is 5.92 Å². The van der Waals surface area contributed by atoms with Gasteiger partial charge in [-0.3, -0.25) is 0 Å². The third-order valence-electron chi connectivity index (χ3n) is 4.88. The van der Waals surface area contributed by atoms with Crippen molar-refractivity contribution in [2.75, 3.05) is 4.90 Å². The molecule has 0 radical (unpaired) electrons. The lowest BCUT2D eigenvalue weighted by Gasteiger charge is -2.32. The fraction of sp³-hybridized carbons (Fsp3) is 0.500. The quantitative estimate of drug-likeness (QED) is 0.922. The number of carboxylic acid groups (broad SMARTS) is 1. The van der Waals surface area contributed by atoms with E-state index in [0.717, 1.165) is 34.6 Å². The third-order valence-corrected chi connectivity index (χ3v) is 5.93. The molecular weight excluding hydrogens is 284 g/mol. The number of thiazole rings is 1. The molecule has 110 valence electrons. The van der Waals surface area contributed by atoms with Crippen molar-refractivity contribution in [2.45, 2.75) is 44.2 Å². The van der Waals surface area contributed by atoms with Crippen LogP contribution in [0.2, 0.25) is 0 Å². The van der Waals surface area contributed by atoms with Crippen LogP contribution >= 0.6 is 11.3 Å². The van der Waals surface area contributed by atoms with Gasteiger partial charge in [0.05, 0.1) is 10.2 Å². The second-order valence-electron chi connectivity index (χ2n) is 6.07. The lowest BCUT2D eigenvalue weighted by Crippen LogP contribution is -2.42. The van der Waals surface area contributed by atoms with Crippen LogP contribution in [0.4, 0.5) is 5.13 Å².